The molecule has 0 aliphatic carbocycles. The molecule has 24 heavy (non-hydrogen) atoms. The number of nitrogens with zero attached hydrogens (tertiary/aromatic N) is 5. The number of nitrogens with one attached hydrogen (secondary N) is 1. The second kappa shape index (κ2) is 8.52. The molecular formula is C17H28N6O. The van der Waals surface area contributed by atoms with Gasteiger partial charge in [0, 0.05) is 51.9 Å². The maximum atomic E-state index is 5.26. The quantitative estimate of drug-likeness (QED) is 0.478. The molecule has 0 amide bonds. The zero-order chi connectivity index (χ0) is 17.5. The van der Waals surface area contributed by atoms with Gasteiger partial charge in [0.15, 0.2) is 11.8 Å². The molecule has 0 spiro atoms. The molecule has 0 aliphatic rings. The first kappa shape index (κ1) is 18.0. The Labute approximate surface area is 143 Å². The Bertz CT molecular complexity index is 658. The van der Waals surface area contributed by atoms with E-state index in [0.717, 1.165) is 37.7 Å². The van der Waals surface area contributed by atoms with Crippen LogP contribution in [-0.4, -0.2) is 46.2 Å². The molecule has 2 heterocycles. The Balaban J connectivity index is 1.75. The molecule has 0 aromatic carbocycles. The second-order valence-electron chi connectivity index (χ2n) is 6.25. The summed E-state index contributed by atoms with van der Waals surface area (Å²) in [4.78, 5) is 10.8. The molecule has 0 saturated heterocycles. The summed E-state index contributed by atoms with van der Waals surface area (Å²) in [6.07, 6.45) is 3.73. The zero-order valence-electron chi connectivity index (χ0n) is 15.3. The predicted molar refractivity (Wildman–Crippen MR) is 94.9 cm³/mol. The van der Waals surface area contributed by atoms with E-state index in [4.69, 9.17) is 4.52 Å². The van der Waals surface area contributed by atoms with Crippen molar-refractivity contribution in [1.29, 1.82) is 0 Å². The van der Waals surface area contributed by atoms with Gasteiger partial charge in [0.25, 0.3) is 0 Å². The van der Waals surface area contributed by atoms with Crippen molar-refractivity contribution in [3.63, 3.8) is 0 Å². The van der Waals surface area contributed by atoms with Gasteiger partial charge in [-0.05, 0) is 18.6 Å². The monoisotopic (exact) mass is 332 g/mol. The lowest BCUT2D eigenvalue weighted by molar-refractivity contribution is 0.368. The molecule has 0 bridgehead atoms. The highest BCUT2D eigenvalue weighted by molar-refractivity contribution is 5.79. The van der Waals surface area contributed by atoms with E-state index in [1.807, 2.05) is 7.05 Å². The van der Waals surface area contributed by atoms with Gasteiger partial charge in [-0.3, -0.25) is 4.99 Å². The van der Waals surface area contributed by atoms with Crippen molar-refractivity contribution >= 4 is 5.96 Å². The first-order valence-corrected chi connectivity index (χ1v) is 8.35. The molecule has 0 atom stereocenters. The molecule has 0 fully saturated rings. The first-order chi connectivity index (χ1) is 11.5. The molecule has 0 radical (unpaired) electrons. The molecular weight excluding hydrogens is 304 g/mol. The summed E-state index contributed by atoms with van der Waals surface area (Å²) in [5.74, 6) is 2.65. The van der Waals surface area contributed by atoms with Gasteiger partial charge >= 0.3 is 0 Å². The maximum absolute atomic E-state index is 5.26. The van der Waals surface area contributed by atoms with Crippen molar-refractivity contribution in [2.24, 2.45) is 12.0 Å². The third-order valence-corrected chi connectivity index (χ3v) is 3.87. The minimum atomic E-state index is 0.297. The lowest BCUT2D eigenvalue weighted by Gasteiger charge is -2.22. The van der Waals surface area contributed by atoms with Gasteiger partial charge in [-0.2, -0.15) is 4.98 Å². The minimum Gasteiger partial charge on any atom is -0.356 e. The molecule has 132 valence electrons. The van der Waals surface area contributed by atoms with Gasteiger partial charge in [-0.15, -0.1) is 0 Å². The van der Waals surface area contributed by atoms with Crippen LogP contribution in [0.25, 0.3) is 0 Å². The molecule has 2 rings (SSSR count). The SMILES string of the molecule is CN=C(NCCCc1nc(C(C)C)no1)N(C)Cc1cccn1C. The van der Waals surface area contributed by atoms with Crippen LogP contribution in [0.15, 0.2) is 27.8 Å². The molecule has 2 aromatic heterocycles. The van der Waals surface area contributed by atoms with E-state index in [-0.39, 0.29) is 0 Å². The van der Waals surface area contributed by atoms with Crippen LogP contribution in [0.4, 0.5) is 0 Å². The molecule has 7 nitrogen and oxygen atoms in total. The van der Waals surface area contributed by atoms with Crippen LogP contribution in [0.1, 0.15) is 43.6 Å². The van der Waals surface area contributed by atoms with Crippen molar-refractivity contribution in [2.75, 3.05) is 20.6 Å². The van der Waals surface area contributed by atoms with Gasteiger partial charge in [-0.1, -0.05) is 19.0 Å². The van der Waals surface area contributed by atoms with Crippen molar-refractivity contribution < 1.29 is 4.52 Å². The number of hydrogen-bond donors (Lipinski definition) is 1. The zero-order valence-corrected chi connectivity index (χ0v) is 15.3. The van der Waals surface area contributed by atoms with Gasteiger partial charge in [-0.25, -0.2) is 0 Å². The van der Waals surface area contributed by atoms with Crippen molar-refractivity contribution in [2.45, 2.75) is 39.2 Å². The smallest absolute Gasteiger partial charge is 0.226 e. The highest BCUT2D eigenvalue weighted by Crippen LogP contribution is 2.10. The standard InChI is InChI=1S/C17H28N6O/c1-13(2)16-20-15(24-21-16)9-6-10-19-17(18-3)23(5)12-14-8-7-11-22(14)4/h7-8,11,13H,6,9-10,12H2,1-5H3,(H,18,19). The van der Waals surface area contributed by atoms with Gasteiger partial charge in [0.05, 0.1) is 6.54 Å². The minimum absolute atomic E-state index is 0.297. The third-order valence-electron chi connectivity index (χ3n) is 3.87. The molecule has 0 unspecified atom stereocenters. The Morgan fingerprint density at radius 1 is 1.46 bits per heavy atom. The van der Waals surface area contributed by atoms with Crippen molar-refractivity contribution in [3.8, 4) is 0 Å². The fourth-order valence-electron chi connectivity index (χ4n) is 2.41. The topological polar surface area (TPSA) is 71.5 Å². The maximum Gasteiger partial charge on any atom is 0.226 e. The lowest BCUT2D eigenvalue weighted by atomic mass is 10.2. The van der Waals surface area contributed by atoms with E-state index >= 15 is 0 Å². The Morgan fingerprint density at radius 3 is 2.83 bits per heavy atom. The number of guanidine groups is 1. The summed E-state index contributed by atoms with van der Waals surface area (Å²) in [5.41, 5.74) is 1.24. The summed E-state index contributed by atoms with van der Waals surface area (Å²) in [6, 6.07) is 4.17. The van der Waals surface area contributed by atoms with Crippen LogP contribution in [0.2, 0.25) is 0 Å². The van der Waals surface area contributed by atoms with Crippen LogP contribution in [0.3, 0.4) is 0 Å². The first-order valence-electron chi connectivity index (χ1n) is 8.35. The highest BCUT2D eigenvalue weighted by Gasteiger charge is 2.10. The van der Waals surface area contributed by atoms with Crippen LogP contribution in [0, 0.1) is 0 Å². The summed E-state index contributed by atoms with van der Waals surface area (Å²) in [6.45, 7) is 5.74. The molecule has 2 aromatic rings. The van der Waals surface area contributed by atoms with E-state index in [2.05, 4.69) is 69.1 Å². The second-order valence-corrected chi connectivity index (χ2v) is 6.25. The Morgan fingerprint density at radius 2 is 2.25 bits per heavy atom. The number of aliphatic imine (C=N–C) groups is 1. The van der Waals surface area contributed by atoms with Crippen molar-refractivity contribution in [1.82, 2.24) is 24.9 Å². The van der Waals surface area contributed by atoms with Crippen LogP contribution in [-0.2, 0) is 20.0 Å². The summed E-state index contributed by atoms with van der Waals surface area (Å²) in [7, 11) is 5.89. The predicted octanol–water partition coefficient (Wildman–Crippen LogP) is 2.17. The lowest BCUT2D eigenvalue weighted by Crippen LogP contribution is -2.39. The summed E-state index contributed by atoms with van der Waals surface area (Å²) < 4.78 is 7.37. The van der Waals surface area contributed by atoms with Gasteiger partial charge in [0.2, 0.25) is 5.89 Å². The summed E-state index contributed by atoms with van der Waals surface area (Å²) in [5, 5.41) is 7.36. The number of rotatable bonds is 7. The van der Waals surface area contributed by atoms with Gasteiger partial charge in [0.1, 0.15) is 0 Å². The number of aromatic nitrogens is 3. The van der Waals surface area contributed by atoms with Crippen molar-refractivity contribution in [3.05, 3.63) is 35.7 Å². The normalized spacial score (nSPS) is 12.0. The Hall–Kier alpha value is -2.31. The van der Waals surface area contributed by atoms with Crippen LogP contribution >= 0.6 is 0 Å². The largest absolute Gasteiger partial charge is 0.356 e. The van der Waals surface area contributed by atoms with E-state index in [0.29, 0.717) is 11.8 Å². The number of aryl methyl sites for hydroxylation is 2. The van der Waals surface area contributed by atoms with E-state index in [1.54, 1.807) is 7.05 Å². The number of hydrogen-bond acceptors (Lipinski definition) is 4. The molecule has 0 aliphatic heterocycles. The fourth-order valence-corrected chi connectivity index (χ4v) is 2.41. The van der Waals surface area contributed by atoms with Crippen LogP contribution in [0.5, 0.6) is 0 Å². The average Bonchev–Trinajstić information content (AvgIpc) is 3.17. The van der Waals surface area contributed by atoms with Gasteiger partial charge < -0.3 is 19.3 Å². The summed E-state index contributed by atoms with van der Waals surface area (Å²) >= 11 is 0. The fraction of sp³-hybridized carbons (Fsp3) is 0.588. The van der Waals surface area contributed by atoms with Crippen LogP contribution < -0.4 is 5.32 Å². The van der Waals surface area contributed by atoms with E-state index < -0.39 is 0 Å². The Kier molecular flexibility index (Phi) is 6.40. The highest BCUT2D eigenvalue weighted by atomic mass is 16.5. The average molecular weight is 332 g/mol. The van der Waals surface area contributed by atoms with E-state index in [1.165, 1.54) is 5.69 Å². The molecule has 7 heteroatoms. The molecule has 0 saturated carbocycles. The third kappa shape index (κ3) is 4.84. The van der Waals surface area contributed by atoms with E-state index in [9.17, 15) is 0 Å². The molecule has 1 N–H and O–H groups in total.